The van der Waals surface area contributed by atoms with E-state index in [9.17, 15) is 9.18 Å². The Hall–Kier alpha value is -1.91. The number of likely N-dealkylation sites (N-methyl/N-ethyl adjacent to an activating group) is 1. The minimum Gasteiger partial charge on any atom is -0.382 e. The molecule has 1 aromatic carbocycles. The number of amides is 1. The molecule has 4 nitrogen and oxygen atoms in total. The van der Waals surface area contributed by atoms with Crippen molar-refractivity contribution in [2.24, 2.45) is 5.16 Å². The number of benzene rings is 1. The first kappa shape index (κ1) is 14.5. The third kappa shape index (κ3) is 2.98. The lowest BCUT2D eigenvalue weighted by Gasteiger charge is -2.25. The fourth-order valence-electron chi connectivity index (χ4n) is 2.07. The molecule has 0 fully saturated rings. The van der Waals surface area contributed by atoms with Crippen LogP contribution in [-0.4, -0.2) is 35.7 Å². The number of carbonyl (C=O) groups excluding carboxylic acids is 1. The van der Waals surface area contributed by atoms with Crippen molar-refractivity contribution < 1.29 is 14.0 Å². The second-order valence-corrected chi connectivity index (χ2v) is 5.05. The zero-order valence-corrected chi connectivity index (χ0v) is 12.0. The van der Waals surface area contributed by atoms with Gasteiger partial charge in [-0.25, -0.2) is 4.39 Å². The molecule has 1 amide bonds. The molecule has 0 N–H and O–H groups in total. The molecule has 1 aromatic rings. The topological polar surface area (TPSA) is 41.9 Å². The number of hydrogen-bond donors (Lipinski definition) is 0. The van der Waals surface area contributed by atoms with Crippen molar-refractivity contribution in [3.8, 4) is 0 Å². The Morgan fingerprint density at radius 2 is 2.35 bits per heavy atom. The smallest absolute Gasteiger partial charge is 0.266 e. The summed E-state index contributed by atoms with van der Waals surface area (Å²) in [7, 11) is 1.76. The molecule has 1 aliphatic rings. The highest BCUT2D eigenvalue weighted by molar-refractivity contribution is 6.04. The maximum absolute atomic E-state index is 13.2. The second kappa shape index (κ2) is 6.03. The summed E-state index contributed by atoms with van der Waals surface area (Å²) in [6.07, 6.45) is 0.655. The van der Waals surface area contributed by atoms with Gasteiger partial charge in [-0.1, -0.05) is 24.2 Å². The van der Waals surface area contributed by atoms with Crippen molar-refractivity contribution in [2.75, 3.05) is 7.05 Å². The standard InChI is InChI=1S/C15H19FN2O2/c1-4-10(2)18(3)15(19)14-9-13(17-20-14)11-6-5-7-12(16)8-11/h5-8,10,14H,4,9H2,1-3H3/t10-,14-/m0/s1. The Morgan fingerprint density at radius 3 is 3.00 bits per heavy atom. The predicted octanol–water partition coefficient (Wildman–Crippen LogP) is 2.58. The van der Waals surface area contributed by atoms with E-state index in [-0.39, 0.29) is 17.8 Å². The lowest BCUT2D eigenvalue weighted by molar-refractivity contribution is -0.142. The molecular weight excluding hydrogens is 259 g/mol. The van der Waals surface area contributed by atoms with Gasteiger partial charge < -0.3 is 9.74 Å². The molecule has 1 heterocycles. The van der Waals surface area contributed by atoms with Crippen molar-refractivity contribution in [2.45, 2.75) is 38.8 Å². The first-order valence-corrected chi connectivity index (χ1v) is 6.78. The molecule has 0 spiro atoms. The van der Waals surface area contributed by atoms with Crippen LogP contribution in [0.4, 0.5) is 4.39 Å². The van der Waals surface area contributed by atoms with Gasteiger partial charge in [-0.2, -0.15) is 0 Å². The van der Waals surface area contributed by atoms with Crippen molar-refractivity contribution in [1.29, 1.82) is 0 Å². The van der Waals surface area contributed by atoms with Crippen LogP contribution in [0.2, 0.25) is 0 Å². The van der Waals surface area contributed by atoms with E-state index >= 15 is 0 Å². The van der Waals surface area contributed by atoms with Gasteiger partial charge in [0, 0.05) is 25.1 Å². The van der Waals surface area contributed by atoms with Gasteiger partial charge in [-0.15, -0.1) is 0 Å². The first-order chi connectivity index (χ1) is 9.52. The minimum atomic E-state index is -0.604. The molecule has 0 aliphatic carbocycles. The minimum absolute atomic E-state index is 0.0884. The van der Waals surface area contributed by atoms with Crippen LogP contribution in [0.1, 0.15) is 32.3 Å². The molecule has 2 atom stereocenters. The molecule has 0 unspecified atom stereocenters. The Kier molecular flexibility index (Phi) is 4.37. The summed E-state index contributed by atoms with van der Waals surface area (Å²) in [6.45, 7) is 4.01. The maximum atomic E-state index is 13.2. The van der Waals surface area contributed by atoms with E-state index in [4.69, 9.17) is 4.84 Å². The van der Waals surface area contributed by atoms with E-state index in [1.807, 2.05) is 13.8 Å². The third-order valence-corrected chi connectivity index (χ3v) is 3.70. The Labute approximate surface area is 118 Å². The molecule has 0 saturated carbocycles. The number of halogens is 1. The number of carbonyl (C=O) groups is 1. The zero-order chi connectivity index (χ0) is 14.7. The van der Waals surface area contributed by atoms with E-state index in [1.54, 1.807) is 24.1 Å². The quantitative estimate of drug-likeness (QED) is 0.849. The maximum Gasteiger partial charge on any atom is 0.266 e. The summed E-state index contributed by atoms with van der Waals surface area (Å²) in [5.41, 5.74) is 1.27. The highest BCUT2D eigenvalue weighted by atomic mass is 19.1. The van der Waals surface area contributed by atoms with Crippen LogP contribution in [0.25, 0.3) is 0 Å². The Balaban J connectivity index is 2.03. The van der Waals surface area contributed by atoms with Crippen molar-refractivity contribution >= 4 is 11.6 Å². The van der Waals surface area contributed by atoms with Gasteiger partial charge in [0.1, 0.15) is 5.82 Å². The average molecular weight is 278 g/mol. The van der Waals surface area contributed by atoms with Crippen LogP contribution >= 0.6 is 0 Å². The van der Waals surface area contributed by atoms with Gasteiger partial charge in [0.25, 0.3) is 5.91 Å². The molecule has 20 heavy (non-hydrogen) atoms. The van der Waals surface area contributed by atoms with Gasteiger partial charge in [0.15, 0.2) is 0 Å². The second-order valence-electron chi connectivity index (χ2n) is 5.05. The van der Waals surface area contributed by atoms with E-state index in [0.29, 0.717) is 17.7 Å². The summed E-state index contributed by atoms with van der Waals surface area (Å²) >= 11 is 0. The van der Waals surface area contributed by atoms with Gasteiger partial charge in [-0.3, -0.25) is 4.79 Å². The largest absolute Gasteiger partial charge is 0.382 e. The SMILES string of the molecule is CC[C@H](C)N(C)C(=O)[C@@H]1CC(c2cccc(F)c2)=NO1. The molecule has 5 heteroatoms. The number of rotatable bonds is 4. The lowest BCUT2D eigenvalue weighted by atomic mass is 10.0. The number of oxime groups is 1. The van der Waals surface area contributed by atoms with Gasteiger partial charge in [0.2, 0.25) is 6.10 Å². The summed E-state index contributed by atoms with van der Waals surface area (Å²) in [6, 6.07) is 6.31. The van der Waals surface area contributed by atoms with Gasteiger partial charge in [-0.05, 0) is 25.5 Å². The van der Waals surface area contributed by atoms with Crippen LogP contribution in [0.5, 0.6) is 0 Å². The molecule has 0 saturated heterocycles. The summed E-state index contributed by atoms with van der Waals surface area (Å²) < 4.78 is 13.2. The van der Waals surface area contributed by atoms with Crippen LogP contribution in [0.15, 0.2) is 29.4 Å². The Morgan fingerprint density at radius 1 is 1.60 bits per heavy atom. The predicted molar refractivity (Wildman–Crippen MR) is 75.0 cm³/mol. The third-order valence-electron chi connectivity index (χ3n) is 3.70. The summed E-state index contributed by atoms with van der Waals surface area (Å²) in [5.74, 6) is -0.411. The van der Waals surface area contributed by atoms with Crippen LogP contribution in [0, 0.1) is 5.82 Å². The number of hydrogen-bond acceptors (Lipinski definition) is 3. The zero-order valence-electron chi connectivity index (χ0n) is 12.0. The normalized spacial score (nSPS) is 19.2. The molecule has 0 aromatic heterocycles. The van der Waals surface area contributed by atoms with Crippen LogP contribution < -0.4 is 0 Å². The van der Waals surface area contributed by atoms with E-state index in [1.165, 1.54) is 12.1 Å². The monoisotopic (exact) mass is 278 g/mol. The molecule has 0 bridgehead atoms. The van der Waals surface area contributed by atoms with Crippen molar-refractivity contribution in [3.05, 3.63) is 35.6 Å². The Bertz CT molecular complexity index is 530. The van der Waals surface area contributed by atoms with Crippen LogP contribution in [0.3, 0.4) is 0 Å². The van der Waals surface area contributed by atoms with Crippen molar-refractivity contribution in [3.63, 3.8) is 0 Å². The molecule has 2 rings (SSSR count). The summed E-state index contributed by atoms with van der Waals surface area (Å²) in [4.78, 5) is 19.1. The van der Waals surface area contributed by atoms with Crippen LogP contribution in [-0.2, 0) is 9.63 Å². The fourth-order valence-corrected chi connectivity index (χ4v) is 2.07. The fraction of sp³-hybridized carbons (Fsp3) is 0.467. The van der Waals surface area contributed by atoms with Crippen molar-refractivity contribution in [1.82, 2.24) is 4.90 Å². The lowest BCUT2D eigenvalue weighted by Crippen LogP contribution is -2.41. The summed E-state index contributed by atoms with van der Waals surface area (Å²) in [5, 5.41) is 3.92. The van der Waals surface area contributed by atoms with Gasteiger partial charge in [0.05, 0.1) is 5.71 Å². The molecule has 108 valence electrons. The molecule has 0 radical (unpaired) electrons. The van der Waals surface area contributed by atoms with E-state index < -0.39 is 6.10 Å². The molecule has 1 aliphatic heterocycles. The first-order valence-electron chi connectivity index (χ1n) is 6.78. The van der Waals surface area contributed by atoms with E-state index in [0.717, 1.165) is 6.42 Å². The molecular formula is C15H19FN2O2. The highest BCUT2D eigenvalue weighted by Gasteiger charge is 2.32. The van der Waals surface area contributed by atoms with Gasteiger partial charge >= 0.3 is 0 Å². The average Bonchev–Trinajstić information content (AvgIpc) is 2.94. The highest BCUT2D eigenvalue weighted by Crippen LogP contribution is 2.19. The number of nitrogens with zero attached hydrogens (tertiary/aromatic N) is 2. The van der Waals surface area contributed by atoms with E-state index in [2.05, 4.69) is 5.16 Å².